The van der Waals surface area contributed by atoms with E-state index in [1.54, 1.807) is 38.1 Å². The van der Waals surface area contributed by atoms with Crippen LogP contribution in [-0.4, -0.2) is 24.6 Å². The summed E-state index contributed by atoms with van der Waals surface area (Å²) < 4.78 is 31.0. The van der Waals surface area contributed by atoms with Gasteiger partial charge in [0, 0.05) is 0 Å². The summed E-state index contributed by atoms with van der Waals surface area (Å²) in [5.41, 5.74) is -0.755. The van der Waals surface area contributed by atoms with E-state index in [0.717, 1.165) is 12.7 Å². The van der Waals surface area contributed by atoms with Gasteiger partial charge in [0.2, 0.25) is 0 Å². The molecule has 0 saturated carbocycles. The third kappa shape index (κ3) is 2.98. The van der Waals surface area contributed by atoms with Crippen molar-refractivity contribution >= 4 is 5.97 Å². The van der Waals surface area contributed by atoms with E-state index in [2.05, 4.69) is 4.74 Å². The van der Waals surface area contributed by atoms with Crippen molar-refractivity contribution in [2.45, 2.75) is 32.8 Å². The van der Waals surface area contributed by atoms with Gasteiger partial charge in [-0.2, -0.15) is 0 Å². The Kier molecular flexibility index (Phi) is 5.22. The van der Waals surface area contributed by atoms with Crippen molar-refractivity contribution in [1.82, 2.24) is 0 Å². The van der Waals surface area contributed by atoms with E-state index in [1.165, 1.54) is 0 Å². The summed E-state index contributed by atoms with van der Waals surface area (Å²) in [5.74, 6) is -3.62. The van der Waals surface area contributed by atoms with E-state index in [4.69, 9.17) is 0 Å². The molecule has 2 atom stereocenters. The lowest BCUT2D eigenvalue weighted by Gasteiger charge is -2.38. The molecule has 1 N–H and O–H groups in total. The van der Waals surface area contributed by atoms with Crippen LogP contribution in [0.1, 0.15) is 25.0 Å². The predicted molar refractivity (Wildman–Crippen MR) is 71.4 cm³/mol. The minimum atomic E-state index is -3.02. The molecule has 0 aliphatic carbocycles. The molecule has 0 radical (unpaired) electrons. The van der Waals surface area contributed by atoms with Crippen LogP contribution in [0.4, 0.5) is 8.78 Å². The smallest absolute Gasteiger partial charge is 0.317 e. The Morgan fingerprint density at radius 3 is 2.10 bits per heavy atom. The van der Waals surface area contributed by atoms with Gasteiger partial charge in [0.25, 0.3) is 6.43 Å². The van der Waals surface area contributed by atoms with Crippen molar-refractivity contribution in [2.24, 2.45) is 11.8 Å². The standard InChI is InChI=1S/C15H20F2O3/c1-9(2)15(19,11-7-5-10(3)6-8-11)12(13(16)17)14(18)20-4/h5-9,12-13,19H,1-4H3. The third-order valence-corrected chi connectivity index (χ3v) is 3.58. The molecule has 0 aromatic heterocycles. The van der Waals surface area contributed by atoms with E-state index < -0.39 is 29.8 Å². The lowest BCUT2D eigenvalue weighted by Crippen LogP contribution is -2.48. The van der Waals surface area contributed by atoms with Gasteiger partial charge in [-0.05, 0) is 18.4 Å². The molecule has 20 heavy (non-hydrogen) atoms. The first-order valence-corrected chi connectivity index (χ1v) is 6.40. The van der Waals surface area contributed by atoms with Gasteiger partial charge in [-0.3, -0.25) is 4.79 Å². The fraction of sp³-hybridized carbons (Fsp3) is 0.533. The Bertz CT molecular complexity index is 457. The molecule has 0 spiro atoms. The molecule has 3 nitrogen and oxygen atoms in total. The second-order valence-corrected chi connectivity index (χ2v) is 5.18. The number of benzene rings is 1. The molecule has 0 aliphatic heterocycles. The zero-order valence-corrected chi connectivity index (χ0v) is 12.1. The molecule has 5 heteroatoms. The maximum atomic E-state index is 13.3. The number of ether oxygens (including phenoxy) is 1. The van der Waals surface area contributed by atoms with Gasteiger partial charge in [-0.1, -0.05) is 43.7 Å². The second-order valence-electron chi connectivity index (χ2n) is 5.18. The normalized spacial score (nSPS) is 16.1. The number of aryl methyl sites for hydroxylation is 1. The lowest BCUT2D eigenvalue weighted by atomic mass is 9.73. The molecule has 1 aromatic carbocycles. The van der Waals surface area contributed by atoms with Crippen LogP contribution in [0, 0.1) is 18.8 Å². The molecule has 1 aromatic rings. The van der Waals surface area contributed by atoms with Gasteiger partial charge < -0.3 is 9.84 Å². The molecular formula is C15H20F2O3. The van der Waals surface area contributed by atoms with Gasteiger partial charge >= 0.3 is 5.97 Å². The summed E-state index contributed by atoms with van der Waals surface area (Å²) in [6, 6.07) is 6.55. The molecular weight excluding hydrogens is 266 g/mol. The van der Waals surface area contributed by atoms with E-state index in [1.807, 2.05) is 6.92 Å². The van der Waals surface area contributed by atoms with Crippen molar-refractivity contribution in [3.8, 4) is 0 Å². The Balaban J connectivity index is 3.39. The van der Waals surface area contributed by atoms with Gasteiger partial charge in [-0.25, -0.2) is 8.78 Å². The van der Waals surface area contributed by atoms with Gasteiger partial charge in [0.15, 0.2) is 5.92 Å². The van der Waals surface area contributed by atoms with Crippen LogP contribution >= 0.6 is 0 Å². The second kappa shape index (κ2) is 6.31. The highest BCUT2D eigenvalue weighted by atomic mass is 19.3. The average molecular weight is 286 g/mol. The maximum Gasteiger partial charge on any atom is 0.317 e. The van der Waals surface area contributed by atoms with Crippen molar-refractivity contribution in [2.75, 3.05) is 7.11 Å². The fourth-order valence-electron chi connectivity index (χ4n) is 2.29. The van der Waals surface area contributed by atoms with Crippen LogP contribution in [-0.2, 0) is 15.1 Å². The minimum absolute atomic E-state index is 0.286. The number of esters is 1. The number of rotatable bonds is 5. The molecule has 0 saturated heterocycles. The SMILES string of the molecule is COC(=O)C(C(F)F)C(O)(c1ccc(C)cc1)C(C)C. The van der Waals surface area contributed by atoms with Crippen LogP contribution in [0.25, 0.3) is 0 Å². The van der Waals surface area contributed by atoms with Crippen molar-refractivity contribution in [3.63, 3.8) is 0 Å². The van der Waals surface area contributed by atoms with Crippen LogP contribution in [0.5, 0.6) is 0 Å². The zero-order valence-electron chi connectivity index (χ0n) is 12.1. The summed E-state index contributed by atoms with van der Waals surface area (Å²) >= 11 is 0. The number of carbonyl (C=O) groups is 1. The Morgan fingerprint density at radius 1 is 1.25 bits per heavy atom. The van der Waals surface area contributed by atoms with Crippen LogP contribution in [0.15, 0.2) is 24.3 Å². The van der Waals surface area contributed by atoms with E-state index in [0.29, 0.717) is 0 Å². The molecule has 0 aliphatic rings. The number of hydrogen-bond acceptors (Lipinski definition) is 3. The highest BCUT2D eigenvalue weighted by molar-refractivity contribution is 5.74. The van der Waals surface area contributed by atoms with E-state index in [-0.39, 0.29) is 5.56 Å². The lowest BCUT2D eigenvalue weighted by molar-refractivity contribution is -0.176. The fourth-order valence-corrected chi connectivity index (χ4v) is 2.29. The first-order chi connectivity index (χ1) is 9.25. The molecule has 0 bridgehead atoms. The number of carbonyl (C=O) groups excluding carboxylic acids is 1. The quantitative estimate of drug-likeness (QED) is 0.847. The summed E-state index contributed by atoms with van der Waals surface area (Å²) in [6.45, 7) is 5.04. The monoisotopic (exact) mass is 286 g/mol. The number of halogens is 2. The first kappa shape index (κ1) is 16.6. The molecule has 0 fully saturated rings. The highest BCUT2D eigenvalue weighted by Gasteiger charge is 2.51. The molecule has 1 rings (SSSR count). The summed E-state index contributed by atoms with van der Waals surface area (Å²) in [6.07, 6.45) is -3.02. The Hall–Kier alpha value is -1.49. The van der Waals surface area contributed by atoms with Gasteiger partial charge in [-0.15, -0.1) is 0 Å². The Morgan fingerprint density at radius 2 is 1.75 bits per heavy atom. The van der Waals surface area contributed by atoms with Crippen molar-refractivity contribution in [1.29, 1.82) is 0 Å². The van der Waals surface area contributed by atoms with Gasteiger partial charge in [0.05, 0.1) is 7.11 Å². The minimum Gasteiger partial charge on any atom is -0.469 e. The first-order valence-electron chi connectivity index (χ1n) is 6.40. The van der Waals surface area contributed by atoms with E-state index in [9.17, 15) is 18.7 Å². The van der Waals surface area contributed by atoms with Crippen molar-refractivity contribution < 1.29 is 23.4 Å². The van der Waals surface area contributed by atoms with Crippen LogP contribution in [0.2, 0.25) is 0 Å². The summed E-state index contributed by atoms with van der Waals surface area (Å²) in [4.78, 5) is 11.7. The molecule has 2 unspecified atom stereocenters. The highest BCUT2D eigenvalue weighted by Crippen LogP contribution is 2.40. The number of aliphatic hydroxyl groups is 1. The zero-order chi connectivity index (χ0) is 15.5. The largest absolute Gasteiger partial charge is 0.469 e. The summed E-state index contributed by atoms with van der Waals surface area (Å²) in [7, 11) is 1.04. The van der Waals surface area contributed by atoms with E-state index >= 15 is 0 Å². The van der Waals surface area contributed by atoms with Crippen LogP contribution in [0.3, 0.4) is 0 Å². The number of alkyl halides is 2. The van der Waals surface area contributed by atoms with Crippen LogP contribution < -0.4 is 0 Å². The van der Waals surface area contributed by atoms with Gasteiger partial charge in [0.1, 0.15) is 5.60 Å². The maximum absolute atomic E-state index is 13.3. The number of methoxy groups -OCH3 is 1. The molecule has 0 heterocycles. The predicted octanol–water partition coefficient (Wildman–Crippen LogP) is 2.89. The van der Waals surface area contributed by atoms with Crippen molar-refractivity contribution in [3.05, 3.63) is 35.4 Å². The third-order valence-electron chi connectivity index (χ3n) is 3.58. The molecule has 0 amide bonds. The summed E-state index contributed by atoms with van der Waals surface area (Å²) in [5, 5.41) is 10.8. The Labute approximate surface area is 117 Å². The number of hydrogen-bond donors (Lipinski definition) is 1. The average Bonchev–Trinajstić information content (AvgIpc) is 2.38. The molecule has 112 valence electrons. The topological polar surface area (TPSA) is 46.5 Å².